The SMILES string of the molecule is CCOC(=O)c1cc2ccccc2nc1NC(=O)COC. The lowest BCUT2D eigenvalue weighted by molar-refractivity contribution is -0.119. The molecule has 0 aliphatic carbocycles. The molecule has 21 heavy (non-hydrogen) atoms. The molecule has 0 radical (unpaired) electrons. The second-order valence-corrected chi connectivity index (χ2v) is 4.28. The number of carbonyl (C=O) groups is 2. The summed E-state index contributed by atoms with van der Waals surface area (Å²) in [7, 11) is 1.42. The molecule has 2 rings (SSSR count). The average Bonchev–Trinajstić information content (AvgIpc) is 2.47. The maximum atomic E-state index is 12.0. The van der Waals surface area contributed by atoms with E-state index >= 15 is 0 Å². The van der Waals surface area contributed by atoms with Crippen molar-refractivity contribution >= 4 is 28.6 Å². The summed E-state index contributed by atoms with van der Waals surface area (Å²) >= 11 is 0. The van der Waals surface area contributed by atoms with Crippen LogP contribution in [0.1, 0.15) is 17.3 Å². The Morgan fingerprint density at radius 3 is 2.76 bits per heavy atom. The number of aromatic nitrogens is 1. The fourth-order valence-corrected chi connectivity index (χ4v) is 1.87. The van der Waals surface area contributed by atoms with Gasteiger partial charge < -0.3 is 14.8 Å². The number of amides is 1. The van der Waals surface area contributed by atoms with E-state index in [0.29, 0.717) is 5.52 Å². The van der Waals surface area contributed by atoms with Gasteiger partial charge in [0.1, 0.15) is 18.0 Å². The lowest BCUT2D eigenvalue weighted by Crippen LogP contribution is -2.20. The van der Waals surface area contributed by atoms with Crippen molar-refractivity contribution in [2.75, 3.05) is 25.6 Å². The molecular weight excluding hydrogens is 272 g/mol. The van der Waals surface area contributed by atoms with Crippen LogP contribution in [0.2, 0.25) is 0 Å². The van der Waals surface area contributed by atoms with Gasteiger partial charge in [-0.3, -0.25) is 4.79 Å². The van der Waals surface area contributed by atoms with Gasteiger partial charge in [-0.15, -0.1) is 0 Å². The summed E-state index contributed by atoms with van der Waals surface area (Å²) in [5.74, 6) is -0.733. The van der Waals surface area contributed by atoms with Gasteiger partial charge in [0.15, 0.2) is 0 Å². The molecule has 0 bridgehead atoms. The number of pyridine rings is 1. The van der Waals surface area contributed by atoms with Crippen molar-refractivity contribution in [3.8, 4) is 0 Å². The topological polar surface area (TPSA) is 77.5 Å². The number of fused-ring (bicyclic) bond motifs is 1. The van der Waals surface area contributed by atoms with Crippen molar-refractivity contribution in [3.05, 3.63) is 35.9 Å². The highest BCUT2D eigenvalue weighted by Gasteiger charge is 2.17. The second-order valence-electron chi connectivity index (χ2n) is 4.28. The van der Waals surface area contributed by atoms with Gasteiger partial charge >= 0.3 is 5.97 Å². The number of nitrogens with zero attached hydrogens (tertiary/aromatic N) is 1. The Labute approximate surface area is 122 Å². The minimum atomic E-state index is -0.525. The minimum Gasteiger partial charge on any atom is -0.462 e. The van der Waals surface area contributed by atoms with Crippen LogP contribution in [0.25, 0.3) is 10.9 Å². The quantitative estimate of drug-likeness (QED) is 0.851. The third-order valence-corrected chi connectivity index (χ3v) is 2.75. The number of anilines is 1. The van der Waals surface area contributed by atoms with Crippen molar-refractivity contribution in [3.63, 3.8) is 0 Å². The van der Waals surface area contributed by atoms with Gasteiger partial charge in [0.25, 0.3) is 5.91 Å². The predicted molar refractivity (Wildman–Crippen MR) is 78.2 cm³/mol. The van der Waals surface area contributed by atoms with Crippen LogP contribution in [0.15, 0.2) is 30.3 Å². The lowest BCUT2D eigenvalue weighted by Gasteiger charge is -2.11. The Morgan fingerprint density at radius 2 is 2.05 bits per heavy atom. The molecule has 0 saturated heterocycles. The third kappa shape index (κ3) is 3.55. The molecule has 2 aromatic rings. The number of nitrogens with one attached hydrogen (secondary N) is 1. The monoisotopic (exact) mass is 288 g/mol. The van der Waals surface area contributed by atoms with Gasteiger partial charge in [-0.2, -0.15) is 0 Å². The summed E-state index contributed by atoms with van der Waals surface area (Å²) in [5.41, 5.74) is 0.901. The molecule has 1 heterocycles. The number of rotatable bonds is 5. The smallest absolute Gasteiger partial charge is 0.341 e. The number of para-hydroxylation sites is 1. The van der Waals surface area contributed by atoms with Gasteiger partial charge in [0, 0.05) is 12.5 Å². The fourth-order valence-electron chi connectivity index (χ4n) is 1.87. The molecule has 1 aromatic heterocycles. The Kier molecular flexibility index (Phi) is 4.84. The normalized spacial score (nSPS) is 10.4. The fraction of sp³-hybridized carbons (Fsp3) is 0.267. The number of esters is 1. The van der Waals surface area contributed by atoms with Gasteiger partial charge in [0.05, 0.1) is 12.1 Å². The molecule has 0 aliphatic rings. The van der Waals surface area contributed by atoms with Crippen molar-refractivity contribution in [1.29, 1.82) is 0 Å². The summed E-state index contributed by atoms with van der Waals surface area (Å²) in [5, 5.41) is 3.36. The second kappa shape index (κ2) is 6.81. The van der Waals surface area contributed by atoms with Crippen LogP contribution in [0, 0.1) is 0 Å². The summed E-state index contributed by atoms with van der Waals surface area (Å²) in [4.78, 5) is 28.0. The van der Waals surface area contributed by atoms with Crippen LogP contribution in [0.5, 0.6) is 0 Å². The summed E-state index contributed by atoms with van der Waals surface area (Å²) < 4.78 is 9.75. The van der Waals surface area contributed by atoms with Crippen molar-refractivity contribution in [1.82, 2.24) is 4.98 Å². The molecule has 0 saturated carbocycles. The highest BCUT2D eigenvalue weighted by molar-refractivity contribution is 6.03. The molecule has 0 fully saturated rings. The van der Waals surface area contributed by atoms with E-state index in [9.17, 15) is 9.59 Å². The number of methoxy groups -OCH3 is 1. The van der Waals surface area contributed by atoms with E-state index in [-0.39, 0.29) is 30.5 Å². The Balaban J connectivity index is 2.45. The van der Waals surface area contributed by atoms with Crippen LogP contribution in [-0.2, 0) is 14.3 Å². The van der Waals surface area contributed by atoms with E-state index in [2.05, 4.69) is 10.3 Å². The van der Waals surface area contributed by atoms with Crippen LogP contribution < -0.4 is 5.32 Å². The van der Waals surface area contributed by atoms with Crippen molar-refractivity contribution in [2.24, 2.45) is 0 Å². The molecule has 0 aliphatic heterocycles. The standard InChI is InChI=1S/C15H16N2O4/c1-3-21-15(19)11-8-10-6-4-5-7-12(10)16-14(11)17-13(18)9-20-2/h4-8H,3,9H2,1-2H3,(H,16,17,18). The van der Waals surface area contributed by atoms with Crippen LogP contribution >= 0.6 is 0 Å². The van der Waals surface area contributed by atoms with Gasteiger partial charge in [0.2, 0.25) is 0 Å². The molecule has 110 valence electrons. The number of ether oxygens (including phenoxy) is 2. The Hall–Kier alpha value is -2.47. The lowest BCUT2D eigenvalue weighted by atomic mass is 10.1. The predicted octanol–water partition coefficient (Wildman–Crippen LogP) is 2.00. The number of hydrogen-bond donors (Lipinski definition) is 1. The van der Waals surface area contributed by atoms with Crippen LogP contribution in [0.3, 0.4) is 0 Å². The summed E-state index contributed by atoms with van der Waals surface area (Å²) in [6.45, 7) is 1.85. The zero-order valence-electron chi connectivity index (χ0n) is 11.9. The molecule has 1 aromatic carbocycles. The molecule has 1 N–H and O–H groups in total. The molecule has 0 atom stereocenters. The maximum absolute atomic E-state index is 12.0. The first-order chi connectivity index (χ1) is 10.2. The van der Waals surface area contributed by atoms with Crippen LogP contribution in [-0.4, -0.2) is 37.2 Å². The van der Waals surface area contributed by atoms with E-state index < -0.39 is 5.97 Å². The minimum absolute atomic E-state index is 0.114. The Bertz CT molecular complexity index is 670. The van der Waals surface area contributed by atoms with E-state index in [4.69, 9.17) is 9.47 Å². The van der Waals surface area contributed by atoms with E-state index in [0.717, 1.165) is 5.39 Å². The number of benzene rings is 1. The van der Waals surface area contributed by atoms with Gasteiger partial charge in [-0.25, -0.2) is 9.78 Å². The molecule has 1 amide bonds. The van der Waals surface area contributed by atoms with Crippen molar-refractivity contribution in [2.45, 2.75) is 6.92 Å². The summed E-state index contributed by atoms with van der Waals surface area (Å²) in [6.07, 6.45) is 0. The molecule has 6 heteroatoms. The van der Waals surface area contributed by atoms with Crippen LogP contribution in [0.4, 0.5) is 5.82 Å². The van der Waals surface area contributed by atoms with Gasteiger partial charge in [-0.05, 0) is 19.1 Å². The Morgan fingerprint density at radius 1 is 1.29 bits per heavy atom. The average molecular weight is 288 g/mol. The molecule has 0 unspecified atom stereocenters. The highest BCUT2D eigenvalue weighted by Crippen LogP contribution is 2.21. The van der Waals surface area contributed by atoms with Gasteiger partial charge in [-0.1, -0.05) is 18.2 Å². The first kappa shape index (κ1) is 14.9. The first-order valence-electron chi connectivity index (χ1n) is 6.51. The van der Waals surface area contributed by atoms with E-state index in [1.807, 2.05) is 18.2 Å². The molecular formula is C15H16N2O4. The highest BCUT2D eigenvalue weighted by atomic mass is 16.5. The number of carbonyl (C=O) groups excluding carboxylic acids is 2. The number of hydrogen-bond acceptors (Lipinski definition) is 5. The molecule has 0 spiro atoms. The zero-order valence-corrected chi connectivity index (χ0v) is 11.9. The zero-order chi connectivity index (χ0) is 15.2. The largest absolute Gasteiger partial charge is 0.462 e. The van der Waals surface area contributed by atoms with E-state index in [1.54, 1.807) is 19.1 Å². The van der Waals surface area contributed by atoms with E-state index in [1.165, 1.54) is 7.11 Å². The molecule has 6 nitrogen and oxygen atoms in total. The van der Waals surface area contributed by atoms with Crippen molar-refractivity contribution < 1.29 is 19.1 Å². The third-order valence-electron chi connectivity index (χ3n) is 2.75. The maximum Gasteiger partial charge on any atom is 0.341 e. The first-order valence-corrected chi connectivity index (χ1v) is 6.51. The summed E-state index contributed by atoms with van der Waals surface area (Å²) in [6, 6.07) is 8.98.